The first-order valence-corrected chi connectivity index (χ1v) is 5.45. The Labute approximate surface area is 97.9 Å². The third kappa shape index (κ3) is 2.20. The van der Waals surface area contributed by atoms with Crippen LogP contribution in [0, 0.1) is 11.6 Å². The minimum Gasteiger partial charge on any atom is -0.466 e. The van der Waals surface area contributed by atoms with E-state index < -0.39 is 23.5 Å². The number of rotatable bonds is 2. The molecule has 0 aromatic heterocycles. The van der Waals surface area contributed by atoms with Gasteiger partial charge < -0.3 is 4.74 Å². The van der Waals surface area contributed by atoms with E-state index in [0.717, 1.165) is 12.1 Å². The van der Waals surface area contributed by atoms with Crippen molar-refractivity contribution in [3.63, 3.8) is 0 Å². The number of carbonyl (C=O) groups is 1. The van der Waals surface area contributed by atoms with Crippen LogP contribution in [0.1, 0.15) is 30.4 Å². The number of carbonyl (C=O) groups excluding carboxylic acids is 1. The number of fused-ring (bicyclic) bond motifs is 1. The Balaban J connectivity index is 2.41. The van der Waals surface area contributed by atoms with Gasteiger partial charge in [0.2, 0.25) is 0 Å². The summed E-state index contributed by atoms with van der Waals surface area (Å²) >= 11 is 0. The van der Waals surface area contributed by atoms with Crippen LogP contribution in [0.3, 0.4) is 0 Å². The maximum absolute atomic E-state index is 13.2. The van der Waals surface area contributed by atoms with Gasteiger partial charge >= 0.3 is 5.97 Å². The summed E-state index contributed by atoms with van der Waals surface area (Å²) in [6, 6.07) is 2.18. The van der Waals surface area contributed by atoms with Gasteiger partial charge in [0.15, 0.2) is 11.6 Å². The fourth-order valence-corrected chi connectivity index (χ4v) is 1.95. The molecule has 0 fully saturated rings. The molecular weight excluding hydrogens is 226 g/mol. The summed E-state index contributed by atoms with van der Waals surface area (Å²) in [5.41, 5.74) is 1.03. The quantitative estimate of drug-likeness (QED) is 0.740. The maximum atomic E-state index is 13.2. The molecule has 0 N–H and O–H groups in total. The lowest BCUT2D eigenvalue weighted by Crippen LogP contribution is -2.18. The van der Waals surface area contributed by atoms with E-state index in [4.69, 9.17) is 4.74 Å². The summed E-state index contributed by atoms with van der Waals surface area (Å²) in [4.78, 5) is 11.7. The molecule has 2 rings (SSSR count). The monoisotopic (exact) mass is 238 g/mol. The molecule has 0 amide bonds. The fourth-order valence-electron chi connectivity index (χ4n) is 1.95. The van der Waals surface area contributed by atoms with Gasteiger partial charge in [0, 0.05) is 0 Å². The number of hydrogen-bond acceptors (Lipinski definition) is 2. The summed E-state index contributed by atoms with van der Waals surface area (Å²) in [5, 5.41) is 0. The molecule has 1 aromatic carbocycles. The highest BCUT2D eigenvalue weighted by Crippen LogP contribution is 2.32. The average molecular weight is 238 g/mol. The molecule has 0 heterocycles. The van der Waals surface area contributed by atoms with Gasteiger partial charge in [-0.05, 0) is 36.6 Å². The topological polar surface area (TPSA) is 26.3 Å². The number of halogens is 2. The number of esters is 1. The van der Waals surface area contributed by atoms with E-state index in [1.807, 2.05) is 0 Å². The molecule has 1 unspecified atom stereocenters. The van der Waals surface area contributed by atoms with Crippen LogP contribution < -0.4 is 0 Å². The van der Waals surface area contributed by atoms with Crippen molar-refractivity contribution in [1.82, 2.24) is 0 Å². The average Bonchev–Trinajstić information content (AvgIpc) is 2.30. The van der Waals surface area contributed by atoms with Crippen molar-refractivity contribution in [2.24, 2.45) is 0 Å². The van der Waals surface area contributed by atoms with Crippen LogP contribution in [0.15, 0.2) is 18.2 Å². The van der Waals surface area contributed by atoms with Crippen molar-refractivity contribution < 1.29 is 18.3 Å². The summed E-state index contributed by atoms with van der Waals surface area (Å²) in [5.74, 6) is -2.78. The second-order valence-corrected chi connectivity index (χ2v) is 3.84. The molecule has 0 spiro atoms. The van der Waals surface area contributed by atoms with E-state index >= 15 is 0 Å². The number of benzene rings is 1. The zero-order valence-electron chi connectivity index (χ0n) is 9.37. The van der Waals surface area contributed by atoms with Crippen LogP contribution in [0.25, 0.3) is 6.08 Å². The Kier molecular flexibility index (Phi) is 3.22. The summed E-state index contributed by atoms with van der Waals surface area (Å²) in [7, 11) is 0. The minimum atomic E-state index is -0.937. The van der Waals surface area contributed by atoms with E-state index in [1.54, 1.807) is 19.1 Å². The molecule has 0 aliphatic heterocycles. The van der Waals surface area contributed by atoms with Crippen LogP contribution in [0.4, 0.5) is 8.78 Å². The Bertz CT molecular complexity index is 481. The van der Waals surface area contributed by atoms with Gasteiger partial charge in [-0.2, -0.15) is 0 Å². The highest BCUT2D eigenvalue weighted by atomic mass is 19.2. The highest BCUT2D eigenvalue weighted by molar-refractivity contribution is 5.81. The zero-order valence-corrected chi connectivity index (χ0v) is 9.37. The van der Waals surface area contributed by atoms with Crippen LogP contribution in [0.5, 0.6) is 0 Å². The van der Waals surface area contributed by atoms with E-state index in [1.165, 1.54) is 0 Å². The first-order valence-electron chi connectivity index (χ1n) is 5.45. The molecule has 17 heavy (non-hydrogen) atoms. The van der Waals surface area contributed by atoms with Crippen LogP contribution >= 0.6 is 0 Å². The lowest BCUT2D eigenvalue weighted by Gasteiger charge is -2.20. The van der Waals surface area contributed by atoms with Crippen LogP contribution in [-0.4, -0.2) is 12.6 Å². The highest BCUT2D eigenvalue weighted by Gasteiger charge is 2.26. The van der Waals surface area contributed by atoms with Crippen molar-refractivity contribution in [3.05, 3.63) is 41.0 Å². The van der Waals surface area contributed by atoms with E-state index in [0.29, 0.717) is 17.5 Å². The zero-order chi connectivity index (χ0) is 12.4. The van der Waals surface area contributed by atoms with Gasteiger partial charge in [-0.25, -0.2) is 8.78 Å². The lowest BCUT2D eigenvalue weighted by atomic mass is 9.87. The molecule has 0 radical (unpaired) electrons. The predicted molar refractivity (Wildman–Crippen MR) is 59.4 cm³/mol. The predicted octanol–water partition coefficient (Wildman–Crippen LogP) is 3.03. The van der Waals surface area contributed by atoms with Gasteiger partial charge in [-0.15, -0.1) is 0 Å². The van der Waals surface area contributed by atoms with Crippen molar-refractivity contribution >= 4 is 12.0 Å². The Morgan fingerprint density at radius 3 is 2.82 bits per heavy atom. The van der Waals surface area contributed by atoms with Crippen molar-refractivity contribution in [2.45, 2.75) is 19.3 Å². The molecule has 0 bridgehead atoms. The molecule has 0 saturated heterocycles. The lowest BCUT2D eigenvalue weighted by molar-refractivity contribution is -0.144. The smallest absolute Gasteiger partial charge is 0.313 e. The minimum absolute atomic E-state index is 0.276. The first-order chi connectivity index (χ1) is 8.13. The molecule has 1 aromatic rings. The summed E-state index contributed by atoms with van der Waals surface area (Å²) < 4.78 is 31.2. The number of hydrogen-bond donors (Lipinski definition) is 0. The standard InChI is InChI=1S/C13H12F2O2/c1-2-17-13(16)9-5-3-4-8-6-11(14)12(15)7-10(8)9/h3-4,6-7,9H,2,5H2,1H3. The van der Waals surface area contributed by atoms with E-state index in [9.17, 15) is 13.6 Å². The van der Waals surface area contributed by atoms with E-state index in [-0.39, 0.29) is 6.61 Å². The van der Waals surface area contributed by atoms with E-state index in [2.05, 4.69) is 0 Å². The van der Waals surface area contributed by atoms with Gasteiger partial charge in [0.05, 0.1) is 12.5 Å². The Morgan fingerprint density at radius 2 is 2.12 bits per heavy atom. The summed E-state index contributed by atoms with van der Waals surface area (Å²) in [6.07, 6.45) is 3.91. The molecule has 90 valence electrons. The SMILES string of the molecule is CCOC(=O)C1CC=Cc2cc(F)c(F)cc21. The van der Waals surface area contributed by atoms with Crippen molar-refractivity contribution in [1.29, 1.82) is 0 Å². The summed E-state index contributed by atoms with van der Waals surface area (Å²) in [6.45, 7) is 1.99. The van der Waals surface area contributed by atoms with Gasteiger partial charge in [-0.1, -0.05) is 12.2 Å². The molecule has 4 heteroatoms. The third-order valence-corrected chi connectivity index (χ3v) is 2.74. The van der Waals surface area contributed by atoms with Gasteiger partial charge in [-0.3, -0.25) is 4.79 Å². The normalized spacial score (nSPS) is 17.7. The molecule has 0 saturated carbocycles. The maximum Gasteiger partial charge on any atom is 0.313 e. The largest absolute Gasteiger partial charge is 0.466 e. The van der Waals surface area contributed by atoms with Crippen LogP contribution in [-0.2, 0) is 9.53 Å². The third-order valence-electron chi connectivity index (χ3n) is 2.74. The van der Waals surface area contributed by atoms with Crippen molar-refractivity contribution in [3.8, 4) is 0 Å². The first kappa shape index (κ1) is 11.8. The Hall–Kier alpha value is -1.71. The van der Waals surface area contributed by atoms with Gasteiger partial charge in [0.25, 0.3) is 0 Å². The number of ether oxygens (including phenoxy) is 1. The molecule has 1 atom stereocenters. The molecule has 2 nitrogen and oxygen atoms in total. The molecule has 1 aliphatic carbocycles. The number of allylic oxidation sites excluding steroid dienone is 1. The fraction of sp³-hybridized carbons (Fsp3) is 0.308. The second kappa shape index (κ2) is 4.65. The van der Waals surface area contributed by atoms with Gasteiger partial charge in [0.1, 0.15) is 0 Å². The Morgan fingerprint density at radius 1 is 1.41 bits per heavy atom. The second-order valence-electron chi connectivity index (χ2n) is 3.84. The van der Waals surface area contributed by atoms with Crippen molar-refractivity contribution in [2.75, 3.05) is 6.61 Å². The molecular formula is C13H12F2O2. The molecule has 1 aliphatic rings. The van der Waals surface area contributed by atoms with Crippen LogP contribution in [0.2, 0.25) is 0 Å².